The van der Waals surface area contributed by atoms with Crippen molar-refractivity contribution in [2.24, 2.45) is 12.2 Å². The molecule has 2 aromatic rings. The zero-order valence-electron chi connectivity index (χ0n) is 10.8. The summed E-state index contributed by atoms with van der Waals surface area (Å²) in [5.41, 5.74) is 4.07. The molecule has 0 amide bonds. The molecule has 19 heavy (non-hydrogen) atoms. The molecule has 0 atom stereocenters. The fourth-order valence-electron chi connectivity index (χ4n) is 2.53. The van der Waals surface area contributed by atoms with Gasteiger partial charge < -0.3 is 10.1 Å². The molecule has 1 aliphatic heterocycles. The smallest absolute Gasteiger partial charge is 0.0906 e. The summed E-state index contributed by atoms with van der Waals surface area (Å²) in [4.78, 5) is 2.29. The molecule has 5 nitrogen and oxygen atoms in total. The third-order valence-electron chi connectivity index (χ3n) is 3.43. The van der Waals surface area contributed by atoms with Crippen LogP contribution in [0.5, 0.6) is 0 Å². The van der Waals surface area contributed by atoms with E-state index in [1.807, 2.05) is 42.3 Å². The van der Waals surface area contributed by atoms with Crippen LogP contribution in [0, 0.1) is 0 Å². The molecule has 3 rings (SSSR count). The molecule has 0 bridgehead atoms. The number of rotatable bonds is 2. The summed E-state index contributed by atoms with van der Waals surface area (Å²) in [6.07, 6.45) is 4.67. The number of aryl methyl sites for hydroxylation is 1. The van der Waals surface area contributed by atoms with E-state index in [1.165, 1.54) is 5.56 Å². The van der Waals surface area contributed by atoms with Crippen LogP contribution >= 0.6 is 0 Å². The van der Waals surface area contributed by atoms with Crippen LogP contribution in [-0.4, -0.2) is 27.2 Å². The quantitative estimate of drug-likeness (QED) is 0.660. The predicted molar refractivity (Wildman–Crippen MR) is 73.6 cm³/mol. The zero-order valence-corrected chi connectivity index (χ0v) is 10.8. The topological polar surface area (TPSA) is 53.7 Å². The van der Waals surface area contributed by atoms with Crippen molar-refractivity contribution in [3.05, 3.63) is 47.8 Å². The Bertz CT molecular complexity index is 617. The zero-order chi connectivity index (χ0) is 13.2. The summed E-state index contributed by atoms with van der Waals surface area (Å²) in [6.45, 7) is 1.68. The van der Waals surface area contributed by atoms with E-state index in [-0.39, 0.29) is 0 Å². The molecule has 2 heterocycles. The highest BCUT2D eigenvalue weighted by Crippen LogP contribution is 2.28. The predicted octanol–water partition coefficient (Wildman–Crippen LogP) is 2.01. The van der Waals surface area contributed by atoms with Gasteiger partial charge in [0.15, 0.2) is 0 Å². The molecule has 0 unspecified atom stereocenters. The number of oxime groups is 1. The maximum Gasteiger partial charge on any atom is 0.0906 e. The van der Waals surface area contributed by atoms with E-state index in [0.29, 0.717) is 0 Å². The number of fused-ring (bicyclic) bond motifs is 1. The van der Waals surface area contributed by atoms with Crippen LogP contribution in [0.3, 0.4) is 0 Å². The molecule has 0 saturated carbocycles. The number of aromatic nitrogens is 2. The van der Waals surface area contributed by atoms with Crippen LogP contribution in [0.4, 0.5) is 5.69 Å². The molecular weight excluding hydrogens is 240 g/mol. The maximum absolute atomic E-state index is 9.07. The van der Waals surface area contributed by atoms with Crippen molar-refractivity contribution in [3.8, 4) is 0 Å². The van der Waals surface area contributed by atoms with Crippen molar-refractivity contribution < 1.29 is 5.21 Å². The first-order valence-corrected chi connectivity index (χ1v) is 6.31. The first-order valence-electron chi connectivity index (χ1n) is 6.31. The Kier molecular flexibility index (Phi) is 2.95. The normalized spacial score (nSPS) is 16.7. The second-order valence-electron chi connectivity index (χ2n) is 4.76. The van der Waals surface area contributed by atoms with E-state index in [1.54, 1.807) is 0 Å². The van der Waals surface area contributed by atoms with Gasteiger partial charge in [-0.1, -0.05) is 23.4 Å². The lowest BCUT2D eigenvalue weighted by molar-refractivity contribution is 0.317. The minimum Gasteiger partial charge on any atom is -0.411 e. The van der Waals surface area contributed by atoms with E-state index < -0.39 is 0 Å². The van der Waals surface area contributed by atoms with Crippen molar-refractivity contribution in [3.63, 3.8) is 0 Å². The molecule has 1 aromatic heterocycles. The van der Waals surface area contributed by atoms with E-state index in [9.17, 15) is 0 Å². The largest absolute Gasteiger partial charge is 0.411 e. The van der Waals surface area contributed by atoms with Gasteiger partial charge in [0.05, 0.1) is 11.9 Å². The fourth-order valence-corrected chi connectivity index (χ4v) is 2.53. The van der Waals surface area contributed by atoms with Gasteiger partial charge in [-0.2, -0.15) is 5.10 Å². The monoisotopic (exact) mass is 256 g/mol. The molecule has 0 aliphatic carbocycles. The van der Waals surface area contributed by atoms with Crippen molar-refractivity contribution in [2.75, 3.05) is 11.4 Å². The molecule has 0 spiro atoms. The molecule has 0 saturated heterocycles. The van der Waals surface area contributed by atoms with Gasteiger partial charge >= 0.3 is 0 Å². The van der Waals surface area contributed by atoms with E-state index in [2.05, 4.69) is 21.2 Å². The van der Waals surface area contributed by atoms with Gasteiger partial charge in [0.25, 0.3) is 0 Å². The Hall–Kier alpha value is -2.30. The van der Waals surface area contributed by atoms with Crippen LogP contribution in [0.15, 0.2) is 41.8 Å². The second-order valence-corrected chi connectivity index (χ2v) is 4.76. The Balaban J connectivity index is 1.92. The molecule has 1 aliphatic rings. The third-order valence-corrected chi connectivity index (χ3v) is 3.43. The average molecular weight is 256 g/mol. The minimum atomic E-state index is 0.758. The lowest BCUT2D eigenvalue weighted by Gasteiger charge is -2.31. The van der Waals surface area contributed by atoms with Crippen LogP contribution in [0.25, 0.3) is 0 Å². The molecule has 1 N–H and O–H groups in total. The highest BCUT2D eigenvalue weighted by Gasteiger charge is 2.21. The van der Waals surface area contributed by atoms with Crippen molar-refractivity contribution >= 4 is 11.4 Å². The van der Waals surface area contributed by atoms with Gasteiger partial charge in [-0.25, -0.2) is 0 Å². The Morgan fingerprint density at radius 3 is 2.95 bits per heavy atom. The number of benzene rings is 1. The summed E-state index contributed by atoms with van der Waals surface area (Å²) in [5.74, 6) is 0. The van der Waals surface area contributed by atoms with Gasteiger partial charge in [0.2, 0.25) is 0 Å². The third kappa shape index (κ3) is 2.19. The van der Waals surface area contributed by atoms with E-state index >= 15 is 0 Å². The maximum atomic E-state index is 9.07. The van der Waals surface area contributed by atoms with Crippen molar-refractivity contribution in [2.45, 2.75) is 13.0 Å². The number of para-hydroxylation sites is 1. The summed E-state index contributed by atoms with van der Waals surface area (Å²) in [5, 5.41) is 16.7. The Morgan fingerprint density at radius 2 is 2.21 bits per heavy atom. The van der Waals surface area contributed by atoms with E-state index in [0.717, 1.165) is 36.5 Å². The summed E-state index contributed by atoms with van der Waals surface area (Å²) < 4.78 is 1.81. The number of nitrogens with zero attached hydrogens (tertiary/aromatic N) is 4. The molecule has 5 heteroatoms. The van der Waals surface area contributed by atoms with Gasteiger partial charge in [-0.05, 0) is 6.07 Å². The first kappa shape index (κ1) is 11.8. The number of hydrogen-bond acceptors (Lipinski definition) is 4. The van der Waals surface area contributed by atoms with Crippen LogP contribution in [0.2, 0.25) is 0 Å². The Morgan fingerprint density at radius 1 is 1.37 bits per heavy atom. The average Bonchev–Trinajstić information content (AvgIpc) is 2.85. The lowest BCUT2D eigenvalue weighted by Crippen LogP contribution is -2.31. The number of anilines is 1. The summed E-state index contributed by atoms with van der Waals surface area (Å²) in [6, 6.07) is 8.04. The van der Waals surface area contributed by atoms with E-state index in [4.69, 9.17) is 5.21 Å². The Labute approximate surface area is 111 Å². The summed E-state index contributed by atoms with van der Waals surface area (Å²) >= 11 is 0. The van der Waals surface area contributed by atoms with Crippen molar-refractivity contribution in [1.29, 1.82) is 0 Å². The van der Waals surface area contributed by atoms with Gasteiger partial charge in [0, 0.05) is 49.6 Å². The van der Waals surface area contributed by atoms with Gasteiger partial charge in [-0.15, -0.1) is 0 Å². The number of hydrogen-bond donors (Lipinski definition) is 1. The molecule has 1 aromatic carbocycles. The SMILES string of the molecule is Cn1cc(CN2CCC(=NO)c3ccccc32)cn1. The highest BCUT2D eigenvalue weighted by molar-refractivity contribution is 6.06. The fraction of sp³-hybridized carbons (Fsp3) is 0.286. The second kappa shape index (κ2) is 4.76. The molecule has 0 fully saturated rings. The highest BCUT2D eigenvalue weighted by atomic mass is 16.4. The molecule has 98 valence electrons. The van der Waals surface area contributed by atoms with Crippen LogP contribution in [-0.2, 0) is 13.6 Å². The van der Waals surface area contributed by atoms with Crippen LogP contribution in [0.1, 0.15) is 17.5 Å². The molecular formula is C14H16N4O. The van der Waals surface area contributed by atoms with Crippen molar-refractivity contribution in [1.82, 2.24) is 9.78 Å². The van der Waals surface area contributed by atoms with Crippen LogP contribution < -0.4 is 4.90 Å². The molecule has 0 radical (unpaired) electrons. The standard InChI is InChI=1S/C14H16N4O/c1-17-9-11(8-15-17)10-18-7-6-13(16-19)12-4-2-3-5-14(12)18/h2-5,8-9,19H,6-7,10H2,1H3. The minimum absolute atomic E-state index is 0.758. The first-order chi connectivity index (χ1) is 9.28. The lowest BCUT2D eigenvalue weighted by atomic mass is 9.99. The summed E-state index contributed by atoms with van der Waals surface area (Å²) in [7, 11) is 1.92. The van der Waals surface area contributed by atoms with Gasteiger partial charge in [0.1, 0.15) is 0 Å². The van der Waals surface area contributed by atoms with Gasteiger partial charge in [-0.3, -0.25) is 4.68 Å².